The Labute approximate surface area is 165 Å². The summed E-state index contributed by atoms with van der Waals surface area (Å²) in [5.41, 5.74) is 2.29. The van der Waals surface area contributed by atoms with Crippen molar-refractivity contribution in [1.29, 1.82) is 0 Å². The Morgan fingerprint density at radius 3 is 2.37 bits per heavy atom. The van der Waals surface area contributed by atoms with Crippen LogP contribution in [0.5, 0.6) is 11.5 Å². The third-order valence-electron chi connectivity index (χ3n) is 4.46. The summed E-state index contributed by atoms with van der Waals surface area (Å²) in [6.07, 6.45) is 5.97. The second-order valence-corrected chi connectivity index (χ2v) is 7.47. The molecule has 0 fully saturated rings. The topological polar surface area (TPSA) is 30.5 Å². The van der Waals surface area contributed by atoms with Gasteiger partial charge in [-0.3, -0.25) is 0 Å². The first-order chi connectivity index (χ1) is 13.2. The largest absolute Gasteiger partial charge is 0.494 e. The van der Waals surface area contributed by atoms with Gasteiger partial charge in [0.05, 0.1) is 13.2 Å². The average Bonchev–Trinajstić information content (AvgIpc) is 2.67. The van der Waals surface area contributed by atoms with Gasteiger partial charge in [-0.25, -0.2) is 0 Å². The first-order valence-corrected chi connectivity index (χ1v) is 10.4. The highest BCUT2D eigenvalue weighted by atomic mass is 16.5. The van der Waals surface area contributed by atoms with Crippen molar-refractivity contribution in [3.8, 4) is 11.5 Å². The minimum Gasteiger partial charge on any atom is -0.494 e. The Morgan fingerprint density at radius 2 is 1.59 bits per heavy atom. The summed E-state index contributed by atoms with van der Waals surface area (Å²) in [6.45, 7) is 8.98. The van der Waals surface area contributed by atoms with Gasteiger partial charge in [0.2, 0.25) is 0 Å². The van der Waals surface area contributed by atoms with Gasteiger partial charge in [-0.05, 0) is 48.6 Å². The summed E-state index contributed by atoms with van der Waals surface area (Å²) in [5.74, 6) is 2.54. The van der Waals surface area contributed by atoms with Gasteiger partial charge in [-0.2, -0.15) is 0 Å². The van der Waals surface area contributed by atoms with Crippen molar-refractivity contribution in [3.05, 3.63) is 54.1 Å². The molecule has 0 heterocycles. The highest BCUT2D eigenvalue weighted by molar-refractivity contribution is 5.48. The van der Waals surface area contributed by atoms with Gasteiger partial charge < -0.3 is 14.8 Å². The Morgan fingerprint density at radius 1 is 0.852 bits per heavy atom. The normalized spacial score (nSPS) is 10.8. The Hall–Kier alpha value is -2.16. The molecule has 0 aliphatic carbocycles. The standard InChI is InChI=1S/C24H35NO2/c1-4-5-6-7-15-26-24-13-9-11-22(18-24)25-19-21-10-8-12-23(17-21)27-16-14-20(2)3/h8-13,17-18,20,25H,4-7,14-16,19H2,1-3H3. The van der Waals surface area contributed by atoms with Crippen LogP contribution in [-0.2, 0) is 6.54 Å². The van der Waals surface area contributed by atoms with E-state index in [-0.39, 0.29) is 0 Å². The Kier molecular flexibility index (Phi) is 9.61. The third-order valence-corrected chi connectivity index (χ3v) is 4.46. The maximum atomic E-state index is 5.87. The molecule has 0 unspecified atom stereocenters. The molecule has 2 aromatic rings. The van der Waals surface area contributed by atoms with Gasteiger partial charge in [-0.1, -0.05) is 58.2 Å². The highest BCUT2D eigenvalue weighted by Gasteiger charge is 2.01. The van der Waals surface area contributed by atoms with E-state index >= 15 is 0 Å². The highest BCUT2D eigenvalue weighted by Crippen LogP contribution is 2.20. The zero-order chi connectivity index (χ0) is 19.3. The van der Waals surface area contributed by atoms with Crippen molar-refractivity contribution in [1.82, 2.24) is 0 Å². The van der Waals surface area contributed by atoms with Crippen molar-refractivity contribution in [2.75, 3.05) is 18.5 Å². The predicted molar refractivity (Wildman–Crippen MR) is 115 cm³/mol. The molecule has 0 aliphatic rings. The fourth-order valence-electron chi connectivity index (χ4n) is 2.78. The minimum absolute atomic E-state index is 0.663. The number of benzene rings is 2. The molecular weight excluding hydrogens is 334 g/mol. The molecule has 0 spiro atoms. The van der Waals surface area contributed by atoms with Crippen molar-refractivity contribution in [3.63, 3.8) is 0 Å². The van der Waals surface area contributed by atoms with E-state index in [9.17, 15) is 0 Å². The summed E-state index contributed by atoms with van der Waals surface area (Å²) in [5, 5.41) is 3.48. The molecule has 1 N–H and O–H groups in total. The Bertz CT molecular complexity index is 654. The molecule has 0 radical (unpaired) electrons. The lowest BCUT2D eigenvalue weighted by Crippen LogP contribution is -2.03. The molecule has 0 aromatic heterocycles. The van der Waals surface area contributed by atoms with Gasteiger partial charge in [0.15, 0.2) is 0 Å². The average molecular weight is 370 g/mol. The van der Waals surface area contributed by atoms with E-state index in [0.717, 1.165) is 49.8 Å². The van der Waals surface area contributed by atoms with Crippen molar-refractivity contribution >= 4 is 5.69 Å². The van der Waals surface area contributed by atoms with Gasteiger partial charge in [0.1, 0.15) is 11.5 Å². The maximum Gasteiger partial charge on any atom is 0.121 e. The lowest BCUT2D eigenvalue weighted by Gasteiger charge is -2.12. The molecule has 3 nitrogen and oxygen atoms in total. The summed E-state index contributed by atoms with van der Waals surface area (Å²) in [4.78, 5) is 0. The molecule has 0 saturated heterocycles. The van der Waals surface area contributed by atoms with E-state index < -0.39 is 0 Å². The molecular formula is C24H35NO2. The van der Waals surface area contributed by atoms with Crippen molar-refractivity contribution in [2.24, 2.45) is 5.92 Å². The monoisotopic (exact) mass is 369 g/mol. The SMILES string of the molecule is CCCCCCOc1cccc(NCc2cccc(OCCC(C)C)c2)c1. The van der Waals surface area contributed by atoms with Crippen LogP contribution < -0.4 is 14.8 Å². The number of anilines is 1. The van der Waals surface area contributed by atoms with Crippen LogP contribution >= 0.6 is 0 Å². The van der Waals surface area contributed by atoms with E-state index in [2.05, 4.69) is 56.4 Å². The second kappa shape index (κ2) is 12.3. The number of rotatable bonds is 13. The zero-order valence-corrected chi connectivity index (χ0v) is 17.2. The third kappa shape index (κ3) is 8.85. The van der Waals surface area contributed by atoms with Gasteiger partial charge in [0.25, 0.3) is 0 Å². The lowest BCUT2D eigenvalue weighted by molar-refractivity contribution is 0.289. The van der Waals surface area contributed by atoms with Crippen LogP contribution in [0.1, 0.15) is 58.4 Å². The molecule has 27 heavy (non-hydrogen) atoms. The van der Waals surface area contributed by atoms with Gasteiger partial charge >= 0.3 is 0 Å². The summed E-state index contributed by atoms with van der Waals surface area (Å²) in [6, 6.07) is 16.5. The number of hydrogen-bond acceptors (Lipinski definition) is 3. The quantitative estimate of drug-likeness (QED) is 0.399. The van der Waals surface area contributed by atoms with Crippen LogP contribution in [0, 0.1) is 5.92 Å². The minimum atomic E-state index is 0.663. The van der Waals surface area contributed by atoms with E-state index in [1.807, 2.05) is 18.2 Å². The Balaban J connectivity index is 1.79. The molecule has 2 aromatic carbocycles. The van der Waals surface area contributed by atoms with E-state index in [1.54, 1.807) is 0 Å². The molecule has 0 saturated carbocycles. The first kappa shape index (κ1) is 21.1. The lowest BCUT2D eigenvalue weighted by atomic mass is 10.1. The summed E-state index contributed by atoms with van der Waals surface area (Å²) >= 11 is 0. The van der Waals surface area contributed by atoms with Crippen molar-refractivity contribution in [2.45, 2.75) is 59.4 Å². The zero-order valence-electron chi connectivity index (χ0n) is 17.2. The van der Waals surface area contributed by atoms with Gasteiger partial charge in [0, 0.05) is 18.3 Å². The van der Waals surface area contributed by atoms with E-state index in [4.69, 9.17) is 9.47 Å². The molecule has 0 bridgehead atoms. The van der Waals surface area contributed by atoms with Gasteiger partial charge in [-0.15, -0.1) is 0 Å². The number of hydrogen-bond donors (Lipinski definition) is 1. The van der Waals surface area contributed by atoms with E-state index in [1.165, 1.54) is 24.8 Å². The van der Waals surface area contributed by atoms with Crippen LogP contribution in [0.25, 0.3) is 0 Å². The summed E-state index contributed by atoms with van der Waals surface area (Å²) < 4.78 is 11.7. The van der Waals surface area contributed by atoms with Crippen LogP contribution in [0.3, 0.4) is 0 Å². The van der Waals surface area contributed by atoms with Crippen LogP contribution in [0.4, 0.5) is 5.69 Å². The molecule has 0 aliphatic heterocycles. The second-order valence-electron chi connectivity index (χ2n) is 7.47. The van der Waals surface area contributed by atoms with E-state index in [0.29, 0.717) is 5.92 Å². The summed E-state index contributed by atoms with van der Waals surface area (Å²) in [7, 11) is 0. The fraction of sp³-hybridized carbons (Fsp3) is 0.500. The number of unbranched alkanes of at least 4 members (excludes halogenated alkanes) is 3. The smallest absolute Gasteiger partial charge is 0.121 e. The van der Waals surface area contributed by atoms with Crippen molar-refractivity contribution < 1.29 is 9.47 Å². The number of nitrogens with one attached hydrogen (secondary N) is 1. The molecule has 0 atom stereocenters. The van der Waals surface area contributed by atoms with Crippen LogP contribution in [0.2, 0.25) is 0 Å². The molecule has 148 valence electrons. The maximum absolute atomic E-state index is 5.87. The first-order valence-electron chi connectivity index (χ1n) is 10.4. The fourth-order valence-corrected chi connectivity index (χ4v) is 2.78. The van der Waals surface area contributed by atoms with Crippen LogP contribution in [0.15, 0.2) is 48.5 Å². The molecule has 2 rings (SSSR count). The van der Waals surface area contributed by atoms with Crippen LogP contribution in [-0.4, -0.2) is 13.2 Å². The molecule has 0 amide bonds. The molecule has 3 heteroatoms. The predicted octanol–water partition coefficient (Wildman–Crippen LogP) is 6.68. The number of ether oxygens (including phenoxy) is 2.